The lowest BCUT2D eigenvalue weighted by atomic mass is 9.99. The number of β-amino-alcohol motifs (C(OH)–C–C–N with tert-alkyl or cyclic N) is 1. The molecule has 2 aromatic rings. The molecule has 6 nitrogen and oxygen atoms in total. The van der Waals surface area contributed by atoms with Gasteiger partial charge in [0.25, 0.3) is 0 Å². The number of aliphatic hydroxyl groups is 1. The van der Waals surface area contributed by atoms with Crippen molar-refractivity contribution in [3.63, 3.8) is 0 Å². The van der Waals surface area contributed by atoms with Gasteiger partial charge in [-0.1, -0.05) is 18.2 Å². The second kappa shape index (κ2) is 8.13. The molecule has 0 radical (unpaired) electrons. The van der Waals surface area contributed by atoms with Gasteiger partial charge in [-0.25, -0.2) is 9.37 Å². The number of pyridine rings is 1. The summed E-state index contributed by atoms with van der Waals surface area (Å²) in [7, 11) is 0. The summed E-state index contributed by atoms with van der Waals surface area (Å²) < 4.78 is 14.0. The molecule has 28 heavy (non-hydrogen) atoms. The summed E-state index contributed by atoms with van der Waals surface area (Å²) in [6, 6.07) is 14.4. The first-order chi connectivity index (χ1) is 13.7. The van der Waals surface area contributed by atoms with Crippen molar-refractivity contribution in [2.45, 2.75) is 18.6 Å². The van der Waals surface area contributed by atoms with E-state index in [1.165, 1.54) is 6.07 Å². The van der Waals surface area contributed by atoms with Gasteiger partial charge in [0.1, 0.15) is 23.4 Å². The number of piperazine rings is 1. The first-order valence-corrected chi connectivity index (χ1v) is 9.69. The number of para-hydroxylation sites is 1. The van der Waals surface area contributed by atoms with Crippen LogP contribution in [-0.2, 0) is 0 Å². The molecule has 0 bridgehead atoms. The number of nitrogens with zero attached hydrogens (tertiary/aromatic N) is 5. The highest BCUT2D eigenvalue weighted by Crippen LogP contribution is 2.25. The van der Waals surface area contributed by atoms with Crippen LogP contribution in [0.1, 0.15) is 12.1 Å². The van der Waals surface area contributed by atoms with Crippen LogP contribution in [0.15, 0.2) is 42.5 Å². The number of halogens is 1. The first kappa shape index (κ1) is 18.7. The Morgan fingerprint density at radius 3 is 2.50 bits per heavy atom. The van der Waals surface area contributed by atoms with E-state index in [9.17, 15) is 9.50 Å². The number of aromatic nitrogens is 1. The molecule has 2 aliphatic rings. The minimum absolute atomic E-state index is 0.0955. The lowest BCUT2D eigenvalue weighted by Gasteiger charge is -2.45. The zero-order valence-corrected chi connectivity index (χ0v) is 15.7. The molecular weight excluding hydrogens is 357 g/mol. The Morgan fingerprint density at radius 1 is 1.00 bits per heavy atom. The van der Waals surface area contributed by atoms with Gasteiger partial charge in [-0.15, -0.1) is 0 Å². The molecule has 146 valence electrons. The highest BCUT2D eigenvalue weighted by atomic mass is 19.1. The number of nitriles is 1. The van der Waals surface area contributed by atoms with Crippen LogP contribution < -0.4 is 9.80 Å². The maximum atomic E-state index is 14.0. The van der Waals surface area contributed by atoms with Gasteiger partial charge in [0.05, 0.1) is 11.8 Å². The number of hydrogen-bond donors (Lipinski definition) is 1. The molecule has 2 fully saturated rings. The molecule has 0 spiro atoms. The van der Waals surface area contributed by atoms with E-state index in [0.717, 1.165) is 45.0 Å². The lowest BCUT2D eigenvalue weighted by Crippen LogP contribution is -2.59. The Hall–Kier alpha value is -2.69. The average molecular weight is 381 g/mol. The Kier molecular flexibility index (Phi) is 5.42. The summed E-state index contributed by atoms with van der Waals surface area (Å²) in [6.45, 7) is 4.40. The zero-order chi connectivity index (χ0) is 19.5. The quantitative estimate of drug-likeness (QED) is 0.875. The average Bonchev–Trinajstić information content (AvgIpc) is 2.74. The van der Waals surface area contributed by atoms with E-state index in [-0.39, 0.29) is 11.9 Å². The third kappa shape index (κ3) is 3.79. The molecule has 4 rings (SSSR count). The maximum Gasteiger partial charge on any atom is 0.146 e. The van der Waals surface area contributed by atoms with Crippen molar-refractivity contribution in [2.75, 3.05) is 49.1 Å². The molecule has 3 heterocycles. The van der Waals surface area contributed by atoms with E-state index < -0.39 is 6.10 Å². The molecule has 2 atom stereocenters. The predicted octanol–water partition coefficient (Wildman–Crippen LogP) is 1.85. The predicted molar refractivity (Wildman–Crippen MR) is 106 cm³/mol. The van der Waals surface area contributed by atoms with Gasteiger partial charge >= 0.3 is 0 Å². The van der Waals surface area contributed by atoms with Crippen LogP contribution in [0.4, 0.5) is 15.9 Å². The SMILES string of the molecule is N#Cc1cccc(N2CC[C@@H](N3CCN(c4ccccc4F)CC3)[C@H](O)C2)n1. The normalized spacial score (nSPS) is 23.5. The molecule has 0 aliphatic carbocycles. The molecule has 1 aromatic heterocycles. The molecule has 0 saturated carbocycles. The lowest BCUT2D eigenvalue weighted by molar-refractivity contribution is 0.0336. The van der Waals surface area contributed by atoms with Gasteiger partial charge in [-0.3, -0.25) is 4.90 Å². The van der Waals surface area contributed by atoms with Crippen LogP contribution in [0.2, 0.25) is 0 Å². The second-order valence-electron chi connectivity index (χ2n) is 7.34. The van der Waals surface area contributed by atoms with E-state index in [2.05, 4.69) is 20.9 Å². The van der Waals surface area contributed by atoms with E-state index in [0.29, 0.717) is 17.9 Å². The first-order valence-electron chi connectivity index (χ1n) is 9.69. The summed E-state index contributed by atoms with van der Waals surface area (Å²) in [5.74, 6) is 0.553. The van der Waals surface area contributed by atoms with Gasteiger partial charge in [0.15, 0.2) is 0 Å². The molecular formula is C21H24FN5O. The zero-order valence-electron chi connectivity index (χ0n) is 15.7. The number of rotatable bonds is 3. The number of piperidine rings is 1. The van der Waals surface area contributed by atoms with Crippen molar-refractivity contribution in [1.82, 2.24) is 9.88 Å². The van der Waals surface area contributed by atoms with Crippen LogP contribution in [0.3, 0.4) is 0 Å². The van der Waals surface area contributed by atoms with Crippen molar-refractivity contribution < 1.29 is 9.50 Å². The summed E-state index contributed by atoms with van der Waals surface area (Å²) in [5.41, 5.74) is 1.04. The summed E-state index contributed by atoms with van der Waals surface area (Å²) in [6.07, 6.45) is 0.348. The Labute approximate surface area is 164 Å². The third-order valence-electron chi connectivity index (χ3n) is 5.70. The third-order valence-corrected chi connectivity index (χ3v) is 5.70. The van der Waals surface area contributed by atoms with Crippen LogP contribution in [0.5, 0.6) is 0 Å². The van der Waals surface area contributed by atoms with Gasteiger partial charge in [-0.05, 0) is 30.7 Å². The van der Waals surface area contributed by atoms with Crippen LogP contribution in [0, 0.1) is 17.1 Å². The minimum Gasteiger partial charge on any atom is -0.390 e. The Morgan fingerprint density at radius 2 is 1.79 bits per heavy atom. The molecule has 7 heteroatoms. The highest BCUT2D eigenvalue weighted by molar-refractivity contribution is 5.48. The van der Waals surface area contributed by atoms with Gasteiger partial charge in [0.2, 0.25) is 0 Å². The molecule has 1 aromatic carbocycles. The monoisotopic (exact) mass is 381 g/mol. The second-order valence-corrected chi connectivity index (χ2v) is 7.34. The van der Waals surface area contributed by atoms with Crippen LogP contribution in [0.25, 0.3) is 0 Å². The smallest absolute Gasteiger partial charge is 0.146 e. The highest BCUT2D eigenvalue weighted by Gasteiger charge is 2.34. The van der Waals surface area contributed by atoms with E-state index in [1.54, 1.807) is 12.1 Å². The Bertz CT molecular complexity index is 862. The molecule has 0 amide bonds. The minimum atomic E-state index is -0.485. The fourth-order valence-electron chi connectivity index (χ4n) is 4.22. The molecule has 0 unspecified atom stereocenters. The van der Waals surface area contributed by atoms with Crippen LogP contribution >= 0.6 is 0 Å². The fraction of sp³-hybridized carbons (Fsp3) is 0.429. The topological polar surface area (TPSA) is 66.6 Å². The van der Waals surface area contributed by atoms with E-state index in [1.807, 2.05) is 29.2 Å². The summed E-state index contributed by atoms with van der Waals surface area (Å²) in [4.78, 5) is 10.8. The largest absolute Gasteiger partial charge is 0.390 e. The molecule has 2 aliphatic heterocycles. The van der Waals surface area contributed by atoms with Gasteiger partial charge in [-0.2, -0.15) is 5.26 Å². The maximum absolute atomic E-state index is 14.0. The van der Waals surface area contributed by atoms with E-state index in [4.69, 9.17) is 5.26 Å². The van der Waals surface area contributed by atoms with Crippen molar-refractivity contribution in [1.29, 1.82) is 5.26 Å². The standard InChI is InChI=1S/C21H24FN5O/c22-17-5-1-2-6-18(17)25-10-12-26(13-11-25)19-8-9-27(15-20(19)28)21-7-3-4-16(14-23)24-21/h1-7,19-20,28H,8-13,15H2/t19-,20-/m1/s1. The van der Waals surface area contributed by atoms with Crippen molar-refractivity contribution in [3.8, 4) is 6.07 Å². The van der Waals surface area contributed by atoms with E-state index >= 15 is 0 Å². The number of hydrogen-bond acceptors (Lipinski definition) is 6. The van der Waals surface area contributed by atoms with Crippen molar-refractivity contribution in [3.05, 3.63) is 54.0 Å². The number of aliphatic hydroxyl groups excluding tert-OH is 1. The fourth-order valence-corrected chi connectivity index (χ4v) is 4.22. The van der Waals surface area contributed by atoms with Crippen molar-refractivity contribution in [2.24, 2.45) is 0 Å². The van der Waals surface area contributed by atoms with Gasteiger partial charge in [0, 0.05) is 45.3 Å². The summed E-state index contributed by atoms with van der Waals surface area (Å²) >= 11 is 0. The number of anilines is 2. The Balaban J connectivity index is 1.36. The summed E-state index contributed by atoms with van der Waals surface area (Å²) in [5, 5.41) is 19.8. The molecule has 2 saturated heterocycles. The van der Waals surface area contributed by atoms with Crippen LogP contribution in [-0.4, -0.2) is 66.4 Å². The number of benzene rings is 1. The molecule has 1 N–H and O–H groups in total. The van der Waals surface area contributed by atoms with Gasteiger partial charge < -0.3 is 14.9 Å². The van der Waals surface area contributed by atoms with Crippen molar-refractivity contribution >= 4 is 11.5 Å².